The number of carbonyl (C=O) groups is 3. The highest BCUT2D eigenvalue weighted by atomic mass is 19.1. The minimum absolute atomic E-state index is 0.0209. The molecule has 3 aromatic carbocycles. The maximum atomic E-state index is 13.7. The minimum atomic E-state index is -1.31. The average molecular weight is 477 g/mol. The van der Waals surface area contributed by atoms with Crippen LogP contribution in [0.15, 0.2) is 66.7 Å². The predicted octanol–water partition coefficient (Wildman–Crippen LogP) is 5.03. The van der Waals surface area contributed by atoms with Crippen molar-refractivity contribution >= 4 is 23.7 Å². The highest BCUT2D eigenvalue weighted by Gasteiger charge is 2.29. The number of halogens is 1. The molecule has 0 saturated heterocycles. The number of nitrogens with one attached hydrogen (secondary N) is 2. The molecule has 1 aliphatic carbocycles. The van der Waals surface area contributed by atoms with Crippen molar-refractivity contribution in [2.24, 2.45) is 5.92 Å². The molecule has 3 aromatic rings. The van der Waals surface area contributed by atoms with Crippen LogP contribution in [0.1, 0.15) is 41.3 Å². The van der Waals surface area contributed by atoms with Crippen LogP contribution in [0.3, 0.4) is 0 Å². The highest BCUT2D eigenvalue weighted by Crippen LogP contribution is 2.44. The van der Waals surface area contributed by atoms with Crippen molar-refractivity contribution in [3.8, 4) is 11.1 Å². The Morgan fingerprint density at radius 3 is 2.17 bits per heavy atom. The first-order chi connectivity index (χ1) is 16.7. The maximum absolute atomic E-state index is 13.7. The maximum Gasteiger partial charge on any atom is 0.407 e. The number of hydrogen-bond acceptors (Lipinski definition) is 4. The fourth-order valence-electron chi connectivity index (χ4n) is 4.22. The van der Waals surface area contributed by atoms with E-state index in [1.54, 1.807) is 13.8 Å². The second-order valence-corrected chi connectivity index (χ2v) is 8.57. The zero-order chi connectivity index (χ0) is 25.1. The van der Waals surface area contributed by atoms with Crippen LogP contribution in [0, 0.1) is 11.7 Å². The summed E-state index contributed by atoms with van der Waals surface area (Å²) in [6.07, 6.45) is -0.655. The summed E-state index contributed by atoms with van der Waals surface area (Å²) in [5, 5.41) is 14.2. The lowest BCUT2D eigenvalue weighted by atomic mass is 9.98. The first-order valence-corrected chi connectivity index (χ1v) is 11.2. The number of benzene rings is 3. The summed E-state index contributed by atoms with van der Waals surface area (Å²) in [6, 6.07) is 18.5. The molecule has 35 heavy (non-hydrogen) atoms. The van der Waals surface area contributed by atoms with Crippen LogP contribution >= 0.6 is 0 Å². The van der Waals surface area contributed by atoms with E-state index in [4.69, 9.17) is 9.84 Å². The summed E-state index contributed by atoms with van der Waals surface area (Å²) in [5.74, 6) is -3.37. The van der Waals surface area contributed by atoms with Crippen molar-refractivity contribution in [1.82, 2.24) is 5.32 Å². The Kier molecular flexibility index (Phi) is 6.82. The Morgan fingerprint density at radius 1 is 0.971 bits per heavy atom. The Hall–Kier alpha value is -4.20. The van der Waals surface area contributed by atoms with Gasteiger partial charge < -0.3 is 20.5 Å². The fourth-order valence-corrected chi connectivity index (χ4v) is 4.22. The molecule has 0 saturated carbocycles. The molecule has 1 aliphatic rings. The number of anilines is 1. The lowest BCUT2D eigenvalue weighted by molar-refractivity contribution is -0.120. The normalized spacial score (nSPS) is 13.8. The van der Waals surface area contributed by atoms with E-state index in [9.17, 15) is 18.8 Å². The van der Waals surface area contributed by atoms with Crippen LogP contribution in [0.2, 0.25) is 0 Å². The van der Waals surface area contributed by atoms with E-state index in [0.717, 1.165) is 34.4 Å². The van der Waals surface area contributed by atoms with E-state index in [1.165, 1.54) is 6.07 Å². The van der Waals surface area contributed by atoms with Crippen molar-refractivity contribution < 1.29 is 28.6 Å². The van der Waals surface area contributed by atoms with E-state index in [0.29, 0.717) is 0 Å². The predicted molar refractivity (Wildman–Crippen MR) is 129 cm³/mol. The van der Waals surface area contributed by atoms with Crippen LogP contribution in [0.25, 0.3) is 11.1 Å². The van der Waals surface area contributed by atoms with Gasteiger partial charge >= 0.3 is 12.1 Å². The molecule has 180 valence electrons. The van der Waals surface area contributed by atoms with Gasteiger partial charge in [-0.1, -0.05) is 55.5 Å². The third-order valence-corrected chi connectivity index (χ3v) is 6.27. The summed E-state index contributed by atoms with van der Waals surface area (Å²) < 4.78 is 19.2. The van der Waals surface area contributed by atoms with Gasteiger partial charge in [-0.25, -0.2) is 14.0 Å². The van der Waals surface area contributed by atoms with Crippen LogP contribution in [0.5, 0.6) is 0 Å². The molecule has 4 rings (SSSR count). The second kappa shape index (κ2) is 9.97. The lowest BCUT2D eigenvalue weighted by Crippen LogP contribution is -2.42. The summed E-state index contributed by atoms with van der Waals surface area (Å²) in [6.45, 7) is 3.40. The van der Waals surface area contributed by atoms with Gasteiger partial charge in [0.2, 0.25) is 5.91 Å². The van der Waals surface area contributed by atoms with Gasteiger partial charge in [-0.3, -0.25) is 4.79 Å². The summed E-state index contributed by atoms with van der Waals surface area (Å²) in [7, 11) is 0. The summed E-state index contributed by atoms with van der Waals surface area (Å²) in [5.41, 5.74) is 4.18. The number of fused-ring (bicyclic) bond motifs is 3. The highest BCUT2D eigenvalue weighted by molar-refractivity contribution is 5.95. The molecular weight excluding hydrogens is 451 g/mol. The van der Waals surface area contributed by atoms with Crippen molar-refractivity contribution in [3.63, 3.8) is 0 Å². The molecule has 0 radical (unpaired) electrons. The van der Waals surface area contributed by atoms with Crippen LogP contribution < -0.4 is 10.6 Å². The number of alkyl carbamates (subject to hydrolysis) is 1. The number of ether oxygens (including phenoxy) is 1. The second-order valence-electron chi connectivity index (χ2n) is 8.57. The average Bonchev–Trinajstić information content (AvgIpc) is 3.15. The van der Waals surface area contributed by atoms with Crippen LogP contribution in [-0.4, -0.2) is 35.7 Å². The Balaban J connectivity index is 1.35. The SMILES string of the molecule is CC(NC(=O)OCC1c2ccccc2-c2ccccc21)C(C)C(=O)Nc1cc(F)cc(C(=O)O)c1. The monoisotopic (exact) mass is 476 g/mol. The smallest absolute Gasteiger partial charge is 0.407 e. The van der Waals surface area contributed by atoms with Gasteiger partial charge in [-0.15, -0.1) is 0 Å². The Morgan fingerprint density at radius 2 is 1.57 bits per heavy atom. The van der Waals surface area contributed by atoms with Gasteiger partial charge in [0.05, 0.1) is 11.5 Å². The number of carboxylic acid groups (broad SMARTS) is 1. The first-order valence-electron chi connectivity index (χ1n) is 11.2. The fraction of sp³-hybridized carbons (Fsp3) is 0.222. The zero-order valence-electron chi connectivity index (χ0n) is 19.2. The molecule has 2 amide bonds. The van der Waals surface area contributed by atoms with Crippen LogP contribution in [-0.2, 0) is 9.53 Å². The van der Waals surface area contributed by atoms with Gasteiger partial charge in [-0.05, 0) is 47.4 Å². The zero-order valence-corrected chi connectivity index (χ0v) is 19.2. The molecule has 0 fully saturated rings. The van der Waals surface area contributed by atoms with Gasteiger partial charge in [0.15, 0.2) is 0 Å². The van der Waals surface area contributed by atoms with Crippen molar-refractivity contribution in [2.45, 2.75) is 25.8 Å². The lowest BCUT2D eigenvalue weighted by Gasteiger charge is -2.21. The largest absolute Gasteiger partial charge is 0.478 e. The number of carbonyl (C=O) groups excluding carboxylic acids is 2. The van der Waals surface area contributed by atoms with E-state index in [2.05, 4.69) is 22.8 Å². The van der Waals surface area contributed by atoms with E-state index in [-0.39, 0.29) is 23.8 Å². The summed E-state index contributed by atoms with van der Waals surface area (Å²) in [4.78, 5) is 36.2. The number of carboxylic acids is 1. The number of aromatic carboxylic acids is 1. The quantitative estimate of drug-likeness (QED) is 0.444. The van der Waals surface area contributed by atoms with E-state index < -0.39 is 35.7 Å². The molecule has 3 N–H and O–H groups in total. The molecule has 0 bridgehead atoms. The first kappa shape index (κ1) is 23.9. The molecule has 7 nitrogen and oxygen atoms in total. The number of rotatable bonds is 7. The third kappa shape index (κ3) is 5.16. The van der Waals surface area contributed by atoms with Crippen molar-refractivity contribution in [2.75, 3.05) is 11.9 Å². The van der Waals surface area contributed by atoms with Gasteiger partial charge in [-0.2, -0.15) is 0 Å². The Labute approximate surface area is 201 Å². The van der Waals surface area contributed by atoms with E-state index in [1.807, 2.05) is 36.4 Å². The van der Waals surface area contributed by atoms with Crippen LogP contribution in [0.4, 0.5) is 14.9 Å². The van der Waals surface area contributed by atoms with Gasteiger partial charge in [0.25, 0.3) is 0 Å². The van der Waals surface area contributed by atoms with Gasteiger partial charge in [0, 0.05) is 17.6 Å². The van der Waals surface area contributed by atoms with Crippen molar-refractivity contribution in [3.05, 3.63) is 89.2 Å². The third-order valence-electron chi connectivity index (χ3n) is 6.27. The molecule has 0 spiro atoms. The van der Waals surface area contributed by atoms with Gasteiger partial charge in [0.1, 0.15) is 12.4 Å². The van der Waals surface area contributed by atoms with Crippen molar-refractivity contribution in [1.29, 1.82) is 0 Å². The number of hydrogen-bond donors (Lipinski definition) is 3. The molecular formula is C27H25FN2O5. The van der Waals surface area contributed by atoms with E-state index >= 15 is 0 Å². The molecule has 0 heterocycles. The topological polar surface area (TPSA) is 105 Å². The molecule has 2 atom stereocenters. The molecule has 0 aliphatic heterocycles. The summed E-state index contributed by atoms with van der Waals surface area (Å²) >= 11 is 0. The Bertz CT molecular complexity index is 1250. The molecule has 2 unspecified atom stereocenters. The standard InChI is InChI=1S/C27H25FN2O5/c1-15(25(31)30-19-12-17(26(32)33)11-18(28)13-19)16(2)29-27(34)35-14-24-22-9-5-3-7-20(22)21-8-4-6-10-23(21)24/h3-13,15-16,24H,14H2,1-2H3,(H,29,34)(H,30,31)(H,32,33). The minimum Gasteiger partial charge on any atom is -0.478 e. The molecule has 0 aromatic heterocycles. The number of amides is 2. The molecule has 8 heteroatoms.